The van der Waals surface area contributed by atoms with Gasteiger partial charge in [-0.2, -0.15) is 0 Å². The maximum absolute atomic E-state index is 12.1. The van der Waals surface area contributed by atoms with Crippen LogP contribution < -0.4 is 5.32 Å². The second-order valence-corrected chi connectivity index (χ2v) is 4.66. The van der Waals surface area contributed by atoms with E-state index >= 15 is 0 Å². The van der Waals surface area contributed by atoms with Crippen molar-refractivity contribution in [3.05, 3.63) is 24.2 Å². The van der Waals surface area contributed by atoms with Gasteiger partial charge in [-0.05, 0) is 31.4 Å². The summed E-state index contributed by atoms with van der Waals surface area (Å²) >= 11 is 0. The van der Waals surface area contributed by atoms with Crippen LogP contribution in [0.3, 0.4) is 0 Å². The van der Waals surface area contributed by atoms with E-state index in [-0.39, 0.29) is 5.91 Å². The normalized spacial score (nSPS) is 29.1. The smallest absolute Gasteiger partial charge is 0.289 e. The number of hydrogen-bond donors (Lipinski definition) is 1. The van der Waals surface area contributed by atoms with Crippen LogP contribution in [0.4, 0.5) is 0 Å². The summed E-state index contributed by atoms with van der Waals surface area (Å²) in [4.78, 5) is 14.0. The molecule has 1 aromatic heterocycles. The first-order valence-electron chi connectivity index (χ1n) is 5.92. The minimum Gasteiger partial charge on any atom is -0.459 e. The molecule has 1 N–H and O–H groups in total. The molecule has 1 amide bonds. The average molecular weight is 220 g/mol. The minimum atomic E-state index is 0.0272. The molecule has 0 saturated carbocycles. The van der Waals surface area contributed by atoms with E-state index in [1.165, 1.54) is 12.8 Å². The molecule has 0 spiro atoms. The van der Waals surface area contributed by atoms with E-state index in [0.29, 0.717) is 17.8 Å². The Balaban J connectivity index is 1.73. The van der Waals surface area contributed by atoms with Gasteiger partial charge >= 0.3 is 0 Å². The number of rotatable bonds is 1. The zero-order chi connectivity index (χ0) is 11.0. The van der Waals surface area contributed by atoms with Crippen molar-refractivity contribution in [1.29, 1.82) is 0 Å². The summed E-state index contributed by atoms with van der Waals surface area (Å²) in [6.45, 7) is 1.66. The van der Waals surface area contributed by atoms with Gasteiger partial charge in [0.1, 0.15) is 0 Å². The van der Waals surface area contributed by atoms with Crippen molar-refractivity contribution in [2.24, 2.45) is 0 Å². The Kier molecular flexibility index (Phi) is 2.44. The van der Waals surface area contributed by atoms with E-state index < -0.39 is 0 Å². The second-order valence-electron chi connectivity index (χ2n) is 4.66. The van der Waals surface area contributed by atoms with Crippen molar-refractivity contribution in [2.45, 2.75) is 31.3 Å². The maximum atomic E-state index is 12.1. The highest BCUT2D eigenvalue weighted by molar-refractivity contribution is 5.91. The van der Waals surface area contributed by atoms with Gasteiger partial charge in [-0.3, -0.25) is 4.79 Å². The van der Waals surface area contributed by atoms with Crippen LogP contribution in [-0.2, 0) is 0 Å². The van der Waals surface area contributed by atoms with Crippen LogP contribution >= 0.6 is 0 Å². The molecule has 2 fully saturated rings. The van der Waals surface area contributed by atoms with Gasteiger partial charge in [0, 0.05) is 25.2 Å². The van der Waals surface area contributed by atoms with Gasteiger partial charge in [0.25, 0.3) is 5.91 Å². The molecule has 2 aliphatic rings. The molecule has 2 saturated heterocycles. The van der Waals surface area contributed by atoms with Gasteiger partial charge in [0.15, 0.2) is 5.76 Å². The fourth-order valence-corrected chi connectivity index (χ4v) is 2.68. The SMILES string of the molecule is O=C(c1ccco1)N1CCC2CCC(C1)N2. The molecular weight excluding hydrogens is 204 g/mol. The summed E-state index contributed by atoms with van der Waals surface area (Å²) < 4.78 is 5.16. The molecule has 2 atom stereocenters. The number of nitrogens with zero attached hydrogens (tertiary/aromatic N) is 1. The topological polar surface area (TPSA) is 45.5 Å². The van der Waals surface area contributed by atoms with Gasteiger partial charge < -0.3 is 14.6 Å². The van der Waals surface area contributed by atoms with Crippen LogP contribution in [0, 0.1) is 0 Å². The lowest BCUT2D eigenvalue weighted by Gasteiger charge is -2.23. The number of furan rings is 1. The molecule has 2 bridgehead atoms. The molecule has 4 heteroatoms. The molecule has 0 aliphatic carbocycles. The molecule has 4 nitrogen and oxygen atoms in total. The van der Waals surface area contributed by atoms with Crippen molar-refractivity contribution in [3.8, 4) is 0 Å². The molecule has 2 unspecified atom stereocenters. The van der Waals surface area contributed by atoms with Crippen LogP contribution in [0.1, 0.15) is 29.8 Å². The summed E-state index contributed by atoms with van der Waals surface area (Å²) in [7, 11) is 0. The number of likely N-dealkylation sites (tertiary alicyclic amines) is 1. The first-order valence-corrected chi connectivity index (χ1v) is 5.92. The standard InChI is InChI=1S/C12H16N2O2/c15-12(11-2-1-7-16-11)14-6-5-9-3-4-10(8-14)13-9/h1-2,7,9-10,13H,3-6,8H2. The Morgan fingerprint density at radius 1 is 1.38 bits per heavy atom. The van der Waals surface area contributed by atoms with Crippen molar-refractivity contribution in [1.82, 2.24) is 10.2 Å². The third-order valence-electron chi connectivity index (χ3n) is 3.54. The Morgan fingerprint density at radius 2 is 2.25 bits per heavy atom. The van der Waals surface area contributed by atoms with E-state index in [0.717, 1.165) is 19.5 Å². The lowest BCUT2D eigenvalue weighted by atomic mass is 10.1. The lowest BCUT2D eigenvalue weighted by molar-refractivity contribution is 0.0716. The molecule has 0 aromatic carbocycles. The first-order chi connectivity index (χ1) is 7.83. The molecule has 16 heavy (non-hydrogen) atoms. The Bertz CT molecular complexity index is 374. The Morgan fingerprint density at radius 3 is 3.06 bits per heavy atom. The molecule has 2 aliphatic heterocycles. The monoisotopic (exact) mass is 220 g/mol. The van der Waals surface area contributed by atoms with Gasteiger partial charge in [-0.25, -0.2) is 0 Å². The van der Waals surface area contributed by atoms with E-state index in [1.807, 2.05) is 4.90 Å². The summed E-state index contributed by atoms with van der Waals surface area (Å²) in [6.07, 6.45) is 5.05. The zero-order valence-electron chi connectivity index (χ0n) is 9.19. The molecule has 0 radical (unpaired) electrons. The summed E-state index contributed by atoms with van der Waals surface area (Å²) in [5.74, 6) is 0.483. The highest BCUT2D eigenvalue weighted by Gasteiger charge is 2.31. The number of carbonyl (C=O) groups is 1. The van der Waals surface area contributed by atoms with Gasteiger partial charge in [0.2, 0.25) is 0 Å². The molecule has 3 heterocycles. The predicted octanol–water partition coefficient (Wildman–Crippen LogP) is 1.25. The van der Waals surface area contributed by atoms with Crippen molar-refractivity contribution in [3.63, 3.8) is 0 Å². The molecule has 86 valence electrons. The second kappa shape index (κ2) is 3.94. The fraction of sp³-hybridized carbons (Fsp3) is 0.583. The lowest BCUT2D eigenvalue weighted by Crippen LogP contribution is -2.38. The molecule has 3 rings (SSSR count). The van der Waals surface area contributed by atoms with Crippen LogP contribution in [-0.4, -0.2) is 36.0 Å². The highest BCUT2D eigenvalue weighted by Crippen LogP contribution is 2.21. The van der Waals surface area contributed by atoms with Gasteiger partial charge in [0.05, 0.1) is 6.26 Å². The van der Waals surface area contributed by atoms with E-state index in [1.54, 1.807) is 18.4 Å². The highest BCUT2D eigenvalue weighted by atomic mass is 16.3. The van der Waals surface area contributed by atoms with E-state index in [9.17, 15) is 4.79 Å². The summed E-state index contributed by atoms with van der Waals surface area (Å²) in [6, 6.07) is 4.58. The predicted molar refractivity (Wildman–Crippen MR) is 59.2 cm³/mol. The Hall–Kier alpha value is -1.29. The van der Waals surface area contributed by atoms with Crippen molar-refractivity contribution in [2.75, 3.05) is 13.1 Å². The van der Waals surface area contributed by atoms with E-state index in [2.05, 4.69) is 5.32 Å². The van der Waals surface area contributed by atoms with E-state index in [4.69, 9.17) is 4.42 Å². The zero-order valence-corrected chi connectivity index (χ0v) is 9.19. The number of nitrogens with one attached hydrogen (secondary N) is 1. The van der Waals surface area contributed by atoms with Crippen LogP contribution in [0.25, 0.3) is 0 Å². The third-order valence-corrected chi connectivity index (χ3v) is 3.54. The quantitative estimate of drug-likeness (QED) is 0.774. The third kappa shape index (κ3) is 1.73. The number of amides is 1. The molecule has 1 aromatic rings. The average Bonchev–Trinajstić information content (AvgIpc) is 2.87. The van der Waals surface area contributed by atoms with Gasteiger partial charge in [-0.1, -0.05) is 0 Å². The summed E-state index contributed by atoms with van der Waals surface area (Å²) in [5.41, 5.74) is 0. The number of carbonyl (C=O) groups excluding carboxylic acids is 1. The number of hydrogen-bond acceptors (Lipinski definition) is 3. The maximum Gasteiger partial charge on any atom is 0.289 e. The van der Waals surface area contributed by atoms with Crippen molar-refractivity contribution < 1.29 is 9.21 Å². The minimum absolute atomic E-state index is 0.0272. The van der Waals surface area contributed by atoms with Crippen LogP contribution in [0.15, 0.2) is 22.8 Å². The van der Waals surface area contributed by atoms with Gasteiger partial charge in [-0.15, -0.1) is 0 Å². The van der Waals surface area contributed by atoms with Crippen LogP contribution in [0.5, 0.6) is 0 Å². The largest absolute Gasteiger partial charge is 0.459 e. The van der Waals surface area contributed by atoms with Crippen LogP contribution in [0.2, 0.25) is 0 Å². The first kappa shape index (κ1) is 9.90. The van der Waals surface area contributed by atoms with Crippen molar-refractivity contribution >= 4 is 5.91 Å². The summed E-state index contributed by atoms with van der Waals surface area (Å²) in [5, 5.41) is 3.56. The Labute approximate surface area is 94.6 Å². The molecular formula is C12H16N2O2. The fourth-order valence-electron chi connectivity index (χ4n) is 2.68. The number of fused-ring (bicyclic) bond motifs is 2.